The van der Waals surface area contributed by atoms with E-state index in [2.05, 4.69) is 15.4 Å². The van der Waals surface area contributed by atoms with Crippen LogP contribution >= 0.6 is 0 Å². The standard InChI is InChI=1S/C15H23N3O4/c19-14-11(16-15(20)12-5-8-22-17-12)3-1-2-4-13(14)18-6-9-21-10-7-18/h5,8,11,13-14,19H,1-4,6-7,9-10H2,(H,16,20)/t11-,13-,14-/m1/s1. The van der Waals surface area contributed by atoms with Crippen LogP contribution in [0.4, 0.5) is 0 Å². The molecule has 2 heterocycles. The van der Waals surface area contributed by atoms with Gasteiger partial charge in [0.05, 0.1) is 25.4 Å². The number of rotatable bonds is 3. The largest absolute Gasteiger partial charge is 0.389 e. The number of nitrogens with one attached hydrogen (secondary N) is 1. The van der Waals surface area contributed by atoms with Crippen molar-refractivity contribution >= 4 is 5.91 Å². The van der Waals surface area contributed by atoms with E-state index in [0.717, 1.165) is 38.8 Å². The molecule has 0 spiro atoms. The van der Waals surface area contributed by atoms with Crippen LogP contribution in [0.1, 0.15) is 36.2 Å². The Hall–Kier alpha value is -1.44. The first kappa shape index (κ1) is 15.5. The maximum Gasteiger partial charge on any atom is 0.273 e. The van der Waals surface area contributed by atoms with Gasteiger partial charge in [-0.05, 0) is 12.8 Å². The van der Waals surface area contributed by atoms with Crippen LogP contribution in [0.2, 0.25) is 0 Å². The Kier molecular flexibility index (Phi) is 5.07. The molecule has 3 atom stereocenters. The average molecular weight is 309 g/mol. The number of aromatic nitrogens is 1. The molecule has 1 aliphatic carbocycles. The highest BCUT2D eigenvalue weighted by Crippen LogP contribution is 2.24. The minimum atomic E-state index is -0.573. The van der Waals surface area contributed by atoms with Gasteiger partial charge in [0.2, 0.25) is 0 Å². The van der Waals surface area contributed by atoms with Crippen LogP contribution in [0, 0.1) is 0 Å². The highest BCUT2D eigenvalue weighted by Gasteiger charge is 2.35. The molecule has 2 aliphatic rings. The van der Waals surface area contributed by atoms with Gasteiger partial charge in [-0.2, -0.15) is 0 Å². The van der Waals surface area contributed by atoms with Gasteiger partial charge >= 0.3 is 0 Å². The molecule has 1 saturated heterocycles. The van der Waals surface area contributed by atoms with E-state index in [-0.39, 0.29) is 23.7 Å². The van der Waals surface area contributed by atoms with Crippen molar-refractivity contribution in [2.75, 3.05) is 26.3 Å². The van der Waals surface area contributed by atoms with E-state index < -0.39 is 6.10 Å². The fraction of sp³-hybridized carbons (Fsp3) is 0.733. The van der Waals surface area contributed by atoms with E-state index in [9.17, 15) is 9.90 Å². The molecule has 7 nitrogen and oxygen atoms in total. The summed E-state index contributed by atoms with van der Waals surface area (Å²) in [5, 5.41) is 17.3. The summed E-state index contributed by atoms with van der Waals surface area (Å²) in [6.07, 6.45) is 4.60. The van der Waals surface area contributed by atoms with Gasteiger partial charge < -0.3 is 19.7 Å². The zero-order chi connectivity index (χ0) is 15.4. The Bertz CT molecular complexity index is 473. The third kappa shape index (κ3) is 3.48. The van der Waals surface area contributed by atoms with Crippen LogP contribution in [0.5, 0.6) is 0 Å². The first-order valence-corrected chi connectivity index (χ1v) is 7.97. The normalized spacial score (nSPS) is 30.7. The van der Waals surface area contributed by atoms with Gasteiger partial charge in [0, 0.05) is 25.2 Å². The summed E-state index contributed by atoms with van der Waals surface area (Å²) in [5.74, 6) is -0.291. The molecule has 0 unspecified atom stereocenters. The Morgan fingerprint density at radius 3 is 2.82 bits per heavy atom. The van der Waals surface area contributed by atoms with E-state index in [1.807, 2.05) is 0 Å². The topological polar surface area (TPSA) is 87.8 Å². The first-order valence-electron chi connectivity index (χ1n) is 7.97. The molecule has 3 rings (SSSR count). The minimum absolute atomic E-state index is 0.0778. The number of hydrogen-bond donors (Lipinski definition) is 2. The van der Waals surface area contributed by atoms with E-state index in [1.165, 1.54) is 12.3 Å². The van der Waals surface area contributed by atoms with Crippen LogP contribution < -0.4 is 5.32 Å². The van der Waals surface area contributed by atoms with Crippen molar-refractivity contribution in [2.24, 2.45) is 0 Å². The fourth-order valence-electron chi connectivity index (χ4n) is 3.36. The molecule has 0 radical (unpaired) electrons. The van der Waals surface area contributed by atoms with Crippen molar-refractivity contribution in [3.8, 4) is 0 Å². The van der Waals surface area contributed by atoms with Gasteiger partial charge in [-0.3, -0.25) is 9.69 Å². The molecule has 0 bridgehead atoms. The molecule has 7 heteroatoms. The van der Waals surface area contributed by atoms with Gasteiger partial charge in [0.15, 0.2) is 5.69 Å². The second kappa shape index (κ2) is 7.21. The number of aliphatic hydroxyl groups excluding tert-OH is 1. The lowest BCUT2D eigenvalue weighted by Crippen LogP contribution is -2.55. The molecule has 1 aromatic rings. The summed E-state index contributed by atoms with van der Waals surface area (Å²) in [4.78, 5) is 14.4. The van der Waals surface area contributed by atoms with E-state index in [0.29, 0.717) is 13.2 Å². The number of morpholine rings is 1. The first-order chi connectivity index (χ1) is 10.8. The molecular weight excluding hydrogens is 286 g/mol. The molecule has 2 fully saturated rings. The van der Waals surface area contributed by atoms with Crippen molar-refractivity contribution in [3.63, 3.8) is 0 Å². The zero-order valence-electron chi connectivity index (χ0n) is 12.6. The number of nitrogens with zero attached hydrogens (tertiary/aromatic N) is 2. The Balaban J connectivity index is 1.66. The van der Waals surface area contributed by atoms with Crippen LogP contribution in [-0.2, 0) is 4.74 Å². The second-order valence-corrected chi connectivity index (χ2v) is 5.96. The summed E-state index contributed by atoms with van der Waals surface area (Å²) >= 11 is 0. The van der Waals surface area contributed by atoms with Crippen LogP contribution in [0.25, 0.3) is 0 Å². The fourth-order valence-corrected chi connectivity index (χ4v) is 3.36. The van der Waals surface area contributed by atoms with E-state index in [4.69, 9.17) is 9.26 Å². The summed E-state index contributed by atoms with van der Waals surface area (Å²) in [5.41, 5.74) is 0.249. The third-order valence-electron chi connectivity index (χ3n) is 4.57. The molecular formula is C15H23N3O4. The van der Waals surface area contributed by atoms with Gasteiger partial charge in [0.1, 0.15) is 6.26 Å². The number of aliphatic hydroxyl groups is 1. The van der Waals surface area contributed by atoms with Gasteiger partial charge in [-0.1, -0.05) is 18.0 Å². The van der Waals surface area contributed by atoms with Crippen molar-refractivity contribution in [2.45, 2.75) is 43.9 Å². The molecule has 1 amide bonds. The lowest BCUT2D eigenvalue weighted by molar-refractivity contribution is -0.0308. The smallest absolute Gasteiger partial charge is 0.273 e. The van der Waals surface area contributed by atoms with Crippen molar-refractivity contribution in [1.29, 1.82) is 0 Å². The van der Waals surface area contributed by atoms with Crippen LogP contribution in [0.15, 0.2) is 16.9 Å². The number of amides is 1. The molecule has 2 N–H and O–H groups in total. The van der Waals surface area contributed by atoms with Gasteiger partial charge in [-0.25, -0.2) is 0 Å². The quantitative estimate of drug-likeness (QED) is 0.786. The lowest BCUT2D eigenvalue weighted by atomic mass is 9.99. The zero-order valence-corrected chi connectivity index (χ0v) is 12.6. The molecule has 22 heavy (non-hydrogen) atoms. The molecule has 1 aliphatic heterocycles. The number of ether oxygens (including phenoxy) is 1. The maximum atomic E-state index is 12.1. The maximum absolute atomic E-state index is 12.1. The summed E-state index contributed by atoms with van der Waals surface area (Å²) < 4.78 is 10.1. The number of carbonyl (C=O) groups excluding carboxylic acids is 1. The predicted molar refractivity (Wildman–Crippen MR) is 78.4 cm³/mol. The minimum Gasteiger partial charge on any atom is -0.389 e. The molecule has 0 aromatic carbocycles. The third-order valence-corrected chi connectivity index (χ3v) is 4.57. The monoisotopic (exact) mass is 309 g/mol. The molecule has 1 aromatic heterocycles. The van der Waals surface area contributed by atoms with Gasteiger partial charge in [0.25, 0.3) is 5.91 Å². The lowest BCUT2D eigenvalue weighted by Gasteiger charge is -2.38. The Labute approximate surface area is 129 Å². The predicted octanol–water partition coefficient (Wildman–Crippen LogP) is 0.409. The van der Waals surface area contributed by atoms with Crippen molar-refractivity contribution in [3.05, 3.63) is 18.0 Å². The SMILES string of the molecule is O=C(N[C@@H]1CCCC[C@@H](N2CCOCC2)[C@@H]1O)c1ccon1. The average Bonchev–Trinajstić information content (AvgIpc) is 3.02. The van der Waals surface area contributed by atoms with Crippen molar-refractivity contribution < 1.29 is 19.2 Å². The molecule has 122 valence electrons. The van der Waals surface area contributed by atoms with Gasteiger partial charge in [-0.15, -0.1) is 0 Å². The Morgan fingerprint density at radius 2 is 2.09 bits per heavy atom. The highest BCUT2D eigenvalue weighted by atomic mass is 16.5. The summed E-state index contributed by atoms with van der Waals surface area (Å²) in [6.45, 7) is 3.09. The molecule has 1 saturated carbocycles. The van der Waals surface area contributed by atoms with Crippen LogP contribution in [0.3, 0.4) is 0 Å². The van der Waals surface area contributed by atoms with Crippen LogP contribution in [-0.4, -0.2) is 65.6 Å². The van der Waals surface area contributed by atoms with Crippen molar-refractivity contribution in [1.82, 2.24) is 15.4 Å². The Morgan fingerprint density at radius 1 is 1.32 bits per heavy atom. The highest BCUT2D eigenvalue weighted by molar-refractivity contribution is 5.92. The summed E-state index contributed by atoms with van der Waals surface area (Å²) in [6, 6.07) is 1.35. The van der Waals surface area contributed by atoms with E-state index >= 15 is 0 Å². The second-order valence-electron chi connectivity index (χ2n) is 5.96. The summed E-state index contributed by atoms with van der Waals surface area (Å²) in [7, 11) is 0. The number of carbonyl (C=O) groups is 1. The van der Waals surface area contributed by atoms with E-state index in [1.54, 1.807) is 0 Å². The number of hydrogen-bond acceptors (Lipinski definition) is 6.